The van der Waals surface area contributed by atoms with Gasteiger partial charge in [-0.05, 0) is 37.3 Å². The molecule has 0 fully saturated rings. The van der Waals surface area contributed by atoms with Crippen LogP contribution < -0.4 is 9.47 Å². The van der Waals surface area contributed by atoms with Crippen molar-refractivity contribution in [2.45, 2.75) is 6.92 Å². The van der Waals surface area contributed by atoms with Gasteiger partial charge in [0.1, 0.15) is 24.2 Å². The van der Waals surface area contributed by atoms with Crippen molar-refractivity contribution in [1.29, 1.82) is 5.26 Å². The molecule has 1 N–H and O–H groups in total. The maximum absolute atomic E-state index is 14.9. The molecule has 0 saturated heterocycles. The Morgan fingerprint density at radius 3 is 2.72 bits per heavy atom. The van der Waals surface area contributed by atoms with Gasteiger partial charge in [-0.3, -0.25) is 4.98 Å². The molecule has 2 aromatic carbocycles. The van der Waals surface area contributed by atoms with Crippen LogP contribution in [0.3, 0.4) is 0 Å². The highest BCUT2D eigenvalue weighted by Crippen LogP contribution is 2.35. The van der Waals surface area contributed by atoms with Crippen LogP contribution in [0.2, 0.25) is 0 Å². The van der Waals surface area contributed by atoms with E-state index in [0.29, 0.717) is 52.1 Å². The molecule has 0 aliphatic rings. The van der Waals surface area contributed by atoms with Crippen molar-refractivity contribution in [3.63, 3.8) is 0 Å². The summed E-state index contributed by atoms with van der Waals surface area (Å²) < 4.78 is 31.4. The highest BCUT2D eigenvalue weighted by atomic mass is 19.1. The number of H-pyrrole nitrogens is 1. The van der Waals surface area contributed by atoms with Gasteiger partial charge < -0.3 is 19.2 Å². The molecule has 0 spiro atoms. The maximum Gasteiger partial charge on any atom is 0.175 e. The van der Waals surface area contributed by atoms with Crippen molar-refractivity contribution in [3.05, 3.63) is 59.7 Å². The van der Waals surface area contributed by atoms with Crippen LogP contribution in [0.1, 0.15) is 11.3 Å². The lowest BCUT2D eigenvalue weighted by atomic mass is 10.1. The maximum atomic E-state index is 14.9. The molecule has 0 aliphatic carbocycles. The summed E-state index contributed by atoms with van der Waals surface area (Å²) in [6.07, 6.45) is 1.57. The number of hydrogen-bond acceptors (Lipinski definition) is 5. The number of pyridine rings is 1. The summed E-state index contributed by atoms with van der Waals surface area (Å²) >= 11 is 0. The van der Waals surface area contributed by atoms with Crippen LogP contribution in [0.4, 0.5) is 4.39 Å². The molecule has 7 heteroatoms. The van der Waals surface area contributed by atoms with Crippen LogP contribution in [0.5, 0.6) is 17.2 Å². The van der Waals surface area contributed by atoms with Crippen LogP contribution in [0.15, 0.2) is 42.6 Å². The molecular weight excluding hydrogens is 373 g/mol. The molecule has 146 valence electrons. The number of aromatic amines is 1. The van der Waals surface area contributed by atoms with Crippen molar-refractivity contribution in [2.24, 2.45) is 0 Å². The number of nitrogens with one attached hydrogen (secondary N) is 1. The van der Waals surface area contributed by atoms with Crippen molar-refractivity contribution in [2.75, 3.05) is 20.3 Å². The minimum absolute atomic E-state index is 0.0999. The molecule has 0 atom stereocenters. The minimum Gasteiger partial charge on any atom is -0.490 e. The lowest BCUT2D eigenvalue weighted by Gasteiger charge is -2.12. The van der Waals surface area contributed by atoms with Gasteiger partial charge in [0.2, 0.25) is 0 Å². The van der Waals surface area contributed by atoms with Crippen LogP contribution in [0.25, 0.3) is 21.8 Å². The monoisotopic (exact) mass is 391 g/mol. The van der Waals surface area contributed by atoms with Gasteiger partial charge in [-0.15, -0.1) is 0 Å². The second kappa shape index (κ2) is 7.78. The van der Waals surface area contributed by atoms with E-state index in [4.69, 9.17) is 14.2 Å². The largest absolute Gasteiger partial charge is 0.490 e. The van der Waals surface area contributed by atoms with Gasteiger partial charge in [-0.25, -0.2) is 4.39 Å². The highest BCUT2D eigenvalue weighted by Gasteiger charge is 2.15. The number of rotatable bonds is 6. The summed E-state index contributed by atoms with van der Waals surface area (Å²) in [7, 11) is 1.57. The fourth-order valence-corrected chi connectivity index (χ4v) is 3.16. The number of methoxy groups -OCH3 is 1. The van der Waals surface area contributed by atoms with Gasteiger partial charge >= 0.3 is 0 Å². The molecule has 0 amide bonds. The summed E-state index contributed by atoms with van der Waals surface area (Å²) in [6, 6.07) is 12.1. The minimum atomic E-state index is -0.447. The summed E-state index contributed by atoms with van der Waals surface area (Å²) in [5.74, 6) is 0.470. The summed E-state index contributed by atoms with van der Waals surface area (Å²) in [5, 5.41) is 10.5. The second-order valence-corrected chi connectivity index (χ2v) is 6.52. The first kappa shape index (κ1) is 18.7. The Kier molecular flexibility index (Phi) is 5.02. The first-order valence-corrected chi connectivity index (χ1v) is 9.01. The summed E-state index contributed by atoms with van der Waals surface area (Å²) in [5.41, 5.74) is 2.48. The number of fused-ring (bicyclic) bond motifs is 2. The molecule has 29 heavy (non-hydrogen) atoms. The Labute approximate surface area is 166 Å². The van der Waals surface area contributed by atoms with E-state index in [-0.39, 0.29) is 5.75 Å². The molecule has 2 heterocycles. The van der Waals surface area contributed by atoms with Gasteiger partial charge in [0.15, 0.2) is 11.6 Å². The molecule has 0 aliphatic heterocycles. The summed E-state index contributed by atoms with van der Waals surface area (Å²) in [6.45, 7) is 2.58. The quantitative estimate of drug-likeness (QED) is 0.475. The average Bonchev–Trinajstić information content (AvgIpc) is 3.11. The number of aromatic nitrogens is 2. The van der Waals surface area contributed by atoms with E-state index < -0.39 is 5.82 Å². The van der Waals surface area contributed by atoms with Gasteiger partial charge in [0.05, 0.1) is 17.7 Å². The standard InChI is InChI=1S/C22H18FN3O3/c1-13-9-16-17(26-13)3-4-20(22(16)23)29-19-5-6-25-18-11-21(28-8-7-27-2)14(12-24)10-15(18)19/h3-6,9-11,26H,7-8H2,1-2H3. The zero-order valence-corrected chi connectivity index (χ0v) is 16.0. The Bertz CT molecular complexity index is 1240. The first-order valence-electron chi connectivity index (χ1n) is 9.01. The van der Waals surface area contributed by atoms with Gasteiger partial charge in [0, 0.05) is 41.4 Å². The van der Waals surface area contributed by atoms with Crippen molar-refractivity contribution < 1.29 is 18.6 Å². The third-order valence-electron chi connectivity index (χ3n) is 4.53. The van der Waals surface area contributed by atoms with E-state index in [9.17, 15) is 9.65 Å². The number of nitrogens with zero attached hydrogens (tertiary/aromatic N) is 2. The summed E-state index contributed by atoms with van der Waals surface area (Å²) in [4.78, 5) is 7.42. The SMILES string of the molecule is COCCOc1cc2nccc(Oc3ccc4[nH]c(C)cc4c3F)c2cc1C#N. The van der Waals surface area contributed by atoms with Crippen LogP contribution in [-0.2, 0) is 4.74 Å². The predicted molar refractivity (Wildman–Crippen MR) is 107 cm³/mol. The van der Waals surface area contributed by atoms with E-state index in [0.717, 1.165) is 5.69 Å². The number of benzene rings is 2. The van der Waals surface area contributed by atoms with E-state index in [1.807, 2.05) is 6.92 Å². The lowest BCUT2D eigenvalue weighted by Crippen LogP contribution is -2.05. The molecular formula is C22H18FN3O3. The zero-order chi connectivity index (χ0) is 20.4. The predicted octanol–water partition coefficient (Wildman–Crippen LogP) is 4.85. The Balaban J connectivity index is 1.74. The Morgan fingerprint density at radius 1 is 1.07 bits per heavy atom. The molecule has 2 aromatic heterocycles. The van der Waals surface area contributed by atoms with Crippen molar-refractivity contribution >= 4 is 21.8 Å². The zero-order valence-electron chi connectivity index (χ0n) is 16.0. The number of halogens is 1. The first-order chi connectivity index (χ1) is 14.1. The topological polar surface area (TPSA) is 80.2 Å². The molecule has 4 rings (SSSR count). The molecule has 0 radical (unpaired) electrons. The second-order valence-electron chi connectivity index (χ2n) is 6.52. The van der Waals surface area contributed by atoms with Crippen LogP contribution in [-0.4, -0.2) is 30.3 Å². The number of aryl methyl sites for hydroxylation is 1. The van der Waals surface area contributed by atoms with E-state index in [1.54, 1.807) is 49.7 Å². The lowest BCUT2D eigenvalue weighted by molar-refractivity contribution is 0.146. The fourth-order valence-electron chi connectivity index (χ4n) is 3.16. The fraction of sp³-hybridized carbons (Fsp3) is 0.182. The molecule has 0 saturated carbocycles. The smallest absolute Gasteiger partial charge is 0.175 e. The molecule has 6 nitrogen and oxygen atoms in total. The molecule has 4 aromatic rings. The third-order valence-corrected chi connectivity index (χ3v) is 4.53. The molecule has 0 unspecified atom stereocenters. The van der Waals surface area contributed by atoms with Crippen LogP contribution in [0, 0.1) is 24.1 Å². The normalized spacial score (nSPS) is 11.0. The number of nitriles is 1. The highest BCUT2D eigenvalue weighted by molar-refractivity contribution is 5.88. The van der Waals surface area contributed by atoms with Crippen molar-refractivity contribution in [1.82, 2.24) is 9.97 Å². The van der Waals surface area contributed by atoms with E-state index in [1.165, 1.54) is 0 Å². The average molecular weight is 391 g/mol. The Hall–Kier alpha value is -3.63. The van der Waals surface area contributed by atoms with E-state index >= 15 is 0 Å². The Morgan fingerprint density at radius 2 is 1.93 bits per heavy atom. The van der Waals surface area contributed by atoms with Gasteiger partial charge in [-0.2, -0.15) is 5.26 Å². The van der Waals surface area contributed by atoms with E-state index in [2.05, 4.69) is 16.0 Å². The van der Waals surface area contributed by atoms with Crippen LogP contribution >= 0.6 is 0 Å². The number of ether oxygens (including phenoxy) is 3. The molecule has 0 bridgehead atoms. The van der Waals surface area contributed by atoms with Gasteiger partial charge in [0.25, 0.3) is 0 Å². The third kappa shape index (κ3) is 3.58. The van der Waals surface area contributed by atoms with Crippen molar-refractivity contribution in [3.8, 4) is 23.3 Å². The van der Waals surface area contributed by atoms with Gasteiger partial charge in [-0.1, -0.05) is 0 Å². The number of hydrogen-bond donors (Lipinski definition) is 1.